The van der Waals surface area contributed by atoms with E-state index in [1.807, 2.05) is 26.2 Å². The molecule has 1 aliphatic rings. The van der Waals surface area contributed by atoms with Gasteiger partial charge in [0.2, 0.25) is 0 Å². The Bertz CT molecular complexity index is 884. The van der Waals surface area contributed by atoms with Gasteiger partial charge in [-0.3, -0.25) is 4.72 Å². The van der Waals surface area contributed by atoms with Crippen molar-refractivity contribution < 1.29 is 14.9 Å². The number of aliphatic hydroxyl groups is 2. The van der Waals surface area contributed by atoms with Crippen molar-refractivity contribution in [1.82, 2.24) is 4.72 Å². The van der Waals surface area contributed by atoms with Gasteiger partial charge in [0, 0.05) is 39.2 Å². The zero-order valence-corrected chi connectivity index (χ0v) is 16.8. The molecule has 2 aromatic carbocycles. The van der Waals surface area contributed by atoms with E-state index in [4.69, 9.17) is 4.74 Å². The van der Waals surface area contributed by atoms with Gasteiger partial charge in [-0.2, -0.15) is 5.26 Å². The number of nitriles is 1. The highest BCUT2D eigenvalue weighted by molar-refractivity contribution is 8.01. The predicted molar refractivity (Wildman–Crippen MR) is 114 cm³/mol. The molecule has 148 valence electrons. The van der Waals surface area contributed by atoms with Crippen LogP contribution >= 0.6 is 11.9 Å². The Morgan fingerprint density at radius 2 is 2.00 bits per heavy atom. The summed E-state index contributed by atoms with van der Waals surface area (Å²) in [6, 6.07) is 14.6. The molecule has 0 spiro atoms. The first-order valence-electron chi connectivity index (χ1n) is 9.19. The molecule has 1 saturated heterocycles. The van der Waals surface area contributed by atoms with E-state index in [0.29, 0.717) is 17.9 Å². The second-order valence-corrected chi connectivity index (χ2v) is 8.03. The molecule has 0 aliphatic carbocycles. The Morgan fingerprint density at radius 1 is 1.25 bits per heavy atom. The van der Waals surface area contributed by atoms with Gasteiger partial charge in [0.05, 0.1) is 12.2 Å². The monoisotopic (exact) mass is 399 g/mol. The Balaban J connectivity index is 1.63. The Kier molecular flexibility index (Phi) is 6.94. The number of ether oxygens (including phenoxy) is 1. The number of fused-ring (bicyclic) bond motifs is 1. The van der Waals surface area contributed by atoms with Crippen molar-refractivity contribution in [2.75, 3.05) is 25.5 Å². The first-order chi connectivity index (χ1) is 13.4. The molecule has 0 amide bonds. The Labute approximate surface area is 169 Å². The largest absolute Gasteiger partial charge is 0.393 e. The van der Waals surface area contributed by atoms with Crippen LogP contribution in [0.3, 0.4) is 0 Å². The highest BCUT2D eigenvalue weighted by atomic mass is 32.2. The summed E-state index contributed by atoms with van der Waals surface area (Å²) < 4.78 is 8.48. The van der Waals surface area contributed by atoms with Crippen molar-refractivity contribution >= 4 is 34.5 Å². The molecule has 3 rings (SSSR count). The van der Waals surface area contributed by atoms with Crippen molar-refractivity contribution in [2.45, 2.75) is 31.3 Å². The molecule has 3 atom stereocenters. The lowest BCUT2D eigenvalue weighted by molar-refractivity contribution is -0.186. The molecule has 3 unspecified atom stereocenters. The lowest BCUT2D eigenvalue weighted by Crippen LogP contribution is -2.39. The molecule has 1 heterocycles. The minimum Gasteiger partial charge on any atom is -0.393 e. The van der Waals surface area contributed by atoms with Crippen LogP contribution in [0.1, 0.15) is 18.4 Å². The maximum absolute atomic E-state index is 9.69. The van der Waals surface area contributed by atoms with Crippen molar-refractivity contribution in [1.29, 1.82) is 5.26 Å². The number of benzene rings is 2. The number of allylic oxidation sites excluding steroid dienone is 1. The van der Waals surface area contributed by atoms with Gasteiger partial charge in [-0.05, 0) is 52.6 Å². The molecule has 1 aliphatic heterocycles. The molecule has 7 heteroatoms. The van der Waals surface area contributed by atoms with Gasteiger partial charge in [0.1, 0.15) is 11.0 Å². The van der Waals surface area contributed by atoms with Gasteiger partial charge in [-0.15, -0.1) is 0 Å². The van der Waals surface area contributed by atoms with E-state index in [-0.39, 0.29) is 12.5 Å². The summed E-state index contributed by atoms with van der Waals surface area (Å²) in [5, 5.41) is 30.9. The smallest absolute Gasteiger partial charge is 0.157 e. The number of rotatable bonds is 6. The maximum Gasteiger partial charge on any atom is 0.157 e. The van der Waals surface area contributed by atoms with Gasteiger partial charge in [0.15, 0.2) is 6.29 Å². The molecule has 0 radical (unpaired) electrons. The first kappa shape index (κ1) is 20.6. The van der Waals surface area contributed by atoms with E-state index >= 15 is 0 Å². The number of anilines is 1. The van der Waals surface area contributed by atoms with Crippen molar-refractivity contribution in [3.8, 4) is 6.07 Å². The average Bonchev–Trinajstić information content (AvgIpc) is 2.65. The Morgan fingerprint density at radius 3 is 2.71 bits per heavy atom. The summed E-state index contributed by atoms with van der Waals surface area (Å²) in [6.45, 7) is 0.433. The average molecular weight is 400 g/mol. The fraction of sp³-hybridized carbons (Fsp3) is 0.381. The van der Waals surface area contributed by atoms with E-state index in [0.717, 1.165) is 22.0 Å². The van der Waals surface area contributed by atoms with Crippen LogP contribution in [0.25, 0.3) is 16.8 Å². The van der Waals surface area contributed by atoms with Crippen LogP contribution in [0.2, 0.25) is 0 Å². The van der Waals surface area contributed by atoms with Gasteiger partial charge in [0.25, 0.3) is 0 Å². The molecule has 3 N–H and O–H groups in total. The van der Waals surface area contributed by atoms with Crippen LogP contribution in [0.5, 0.6) is 0 Å². The topological polar surface area (TPSA) is 88.8 Å². The highest BCUT2D eigenvalue weighted by Crippen LogP contribution is 2.24. The van der Waals surface area contributed by atoms with Crippen LogP contribution in [-0.4, -0.2) is 49.4 Å². The van der Waals surface area contributed by atoms with Gasteiger partial charge in [-0.1, -0.05) is 18.2 Å². The van der Waals surface area contributed by atoms with E-state index in [1.54, 1.807) is 0 Å². The van der Waals surface area contributed by atoms with E-state index < -0.39 is 12.4 Å². The quantitative estimate of drug-likeness (QED) is 0.508. The van der Waals surface area contributed by atoms with Gasteiger partial charge >= 0.3 is 0 Å². The predicted octanol–water partition coefficient (Wildman–Crippen LogP) is 2.87. The number of nitrogens with one attached hydrogen (secondary N) is 1. The fourth-order valence-electron chi connectivity index (χ4n) is 3.17. The standard InChI is InChI=1S/C21H25N3O3S/c1-24(2)17-6-5-15-7-14(3-4-16(15)9-17)8-20(12-22)28-23-13-19-10-18(25)11-21(26)27-19/h3-9,18-19,21,23,25-26H,10-11,13H2,1-2H3/b20-8+. The molecule has 28 heavy (non-hydrogen) atoms. The van der Waals surface area contributed by atoms with Crippen LogP contribution in [0, 0.1) is 11.3 Å². The maximum atomic E-state index is 9.69. The van der Waals surface area contributed by atoms with Crippen LogP contribution in [0.15, 0.2) is 41.3 Å². The molecule has 0 bridgehead atoms. The Hall–Kier alpha value is -2.08. The molecule has 0 aromatic heterocycles. The molecule has 2 aromatic rings. The van der Waals surface area contributed by atoms with E-state index in [1.165, 1.54) is 11.9 Å². The fourth-order valence-corrected chi connectivity index (χ4v) is 3.83. The third-order valence-corrected chi connectivity index (χ3v) is 5.36. The SMILES string of the molecule is CN(C)c1ccc2cc(/C=C(\C#N)SNCC3CC(O)CC(O)O3)ccc2c1. The van der Waals surface area contributed by atoms with Crippen molar-refractivity contribution in [2.24, 2.45) is 0 Å². The van der Waals surface area contributed by atoms with Crippen LogP contribution in [-0.2, 0) is 4.74 Å². The summed E-state index contributed by atoms with van der Waals surface area (Å²) >= 11 is 1.22. The molecular weight excluding hydrogens is 374 g/mol. The van der Waals surface area contributed by atoms with Crippen LogP contribution in [0.4, 0.5) is 5.69 Å². The minimum absolute atomic E-state index is 0.241. The third kappa shape index (κ3) is 5.47. The molecule has 0 saturated carbocycles. The zero-order valence-electron chi connectivity index (χ0n) is 16.0. The van der Waals surface area contributed by atoms with E-state index in [9.17, 15) is 15.5 Å². The van der Waals surface area contributed by atoms with Crippen LogP contribution < -0.4 is 9.62 Å². The lowest BCUT2D eigenvalue weighted by Gasteiger charge is -2.30. The van der Waals surface area contributed by atoms with Crippen molar-refractivity contribution in [3.63, 3.8) is 0 Å². The number of nitrogens with zero attached hydrogens (tertiary/aromatic N) is 2. The number of hydrogen-bond donors (Lipinski definition) is 3. The summed E-state index contributed by atoms with van der Waals surface area (Å²) in [6.07, 6.45) is 0.774. The molecule has 6 nitrogen and oxygen atoms in total. The molecule has 1 fully saturated rings. The lowest BCUT2D eigenvalue weighted by atomic mass is 10.1. The van der Waals surface area contributed by atoms with Gasteiger partial charge < -0.3 is 19.8 Å². The second kappa shape index (κ2) is 9.41. The zero-order chi connectivity index (χ0) is 20.1. The summed E-state index contributed by atoms with van der Waals surface area (Å²) in [5.41, 5.74) is 2.10. The number of aliphatic hydroxyl groups excluding tert-OH is 2. The summed E-state index contributed by atoms with van der Waals surface area (Å²) in [7, 11) is 4.03. The van der Waals surface area contributed by atoms with Crippen molar-refractivity contribution in [3.05, 3.63) is 46.9 Å². The number of hydrogen-bond acceptors (Lipinski definition) is 7. The summed E-state index contributed by atoms with van der Waals surface area (Å²) in [5.74, 6) is 0. The minimum atomic E-state index is -0.933. The molecular formula is C21H25N3O3S. The first-order valence-corrected chi connectivity index (χ1v) is 10.0. The highest BCUT2D eigenvalue weighted by Gasteiger charge is 2.26. The van der Waals surface area contributed by atoms with E-state index in [2.05, 4.69) is 46.0 Å². The normalized spacial score (nSPS) is 22.8. The second-order valence-electron chi connectivity index (χ2n) is 7.09. The van der Waals surface area contributed by atoms with Gasteiger partial charge in [-0.25, -0.2) is 0 Å². The summed E-state index contributed by atoms with van der Waals surface area (Å²) in [4.78, 5) is 2.60. The third-order valence-electron chi connectivity index (χ3n) is 4.62.